The lowest BCUT2D eigenvalue weighted by Crippen LogP contribution is -2.15. The Morgan fingerprint density at radius 1 is 1.09 bits per heavy atom. The van der Waals surface area contributed by atoms with Crippen molar-refractivity contribution in [2.45, 2.75) is 58.3 Å². The molecule has 2 aromatic rings. The van der Waals surface area contributed by atoms with Crippen molar-refractivity contribution in [3.8, 4) is 11.5 Å². The number of allylic oxidation sites excluding steroid dienone is 1. The number of hydrogen-bond acceptors (Lipinski definition) is 5. The fourth-order valence-corrected chi connectivity index (χ4v) is 4.03. The molecule has 5 heteroatoms. The van der Waals surface area contributed by atoms with E-state index >= 15 is 0 Å². The maximum absolute atomic E-state index is 12.3. The van der Waals surface area contributed by atoms with Crippen molar-refractivity contribution in [3.63, 3.8) is 0 Å². The summed E-state index contributed by atoms with van der Waals surface area (Å²) < 4.78 is 5.32. The molecule has 0 radical (unpaired) electrons. The van der Waals surface area contributed by atoms with Gasteiger partial charge in [-0.25, -0.2) is 0 Å². The van der Waals surface area contributed by atoms with Crippen molar-refractivity contribution in [2.24, 2.45) is 5.92 Å². The fourth-order valence-electron chi connectivity index (χ4n) is 4.03. The van der Waals surface area contributed by atoms with Crippen molar-refractivity contribution < 1.29 is 19.4 Å². The fraction of sp³-hybridized carbons (Fsp3) is 0.448. The van der Waals surface area contributed by atoms with Crippen LogP contribution < -0.4 is 10.1 Å². The van der Waals surface area contributed by atoms with Crippen LogP contribution in [0.4, 0.5) is 0 Å². The first-order chi connectivity index (χ1) is 16.4. The smallest absolute Gasteiger partial charge is 0.163 e. The summed E-state index contributed by atoms with van der Waals surface area (Å²) in [6, 6.07) is 13.6. The van der Waals surface area contributed by atoms with E-state index in [0.717, 1.165) is 49.8 Å². The number of phenols is 1. The van der Waals surface area contributed by atoms with Crippen LogP contribution in [0.25, 0.3) is 6.08 Å². The highest BCUT2D eigenvalue weighted by molar-refractivity contribution is 6.06. The van der Waals surface area contributed by atoms with Crippen molar-refractivity contribution in [3.05, 3.63) is 65.2 Å². The molecule has 1 atom stereocenters. The normalized spacial score (nSPS) is 12.1. The number of aromatic hydroxyl groups is 1. The molecule has 0 bridgehead atoms. The molecular weight excluding hydrogens is 426 g/mol. The molecule has 0 heterocycles. The minimum absolute atomic E-state index is 0.00948. The number of benzene rings is 2. The lowest BCUT2D eigenvalue weighted by molar-refractivity contribution is -0.124. The summed E-state index contributed by atoms with van der Waals surface area (Å²) in [6.45, 7) is 3.24. The van der Waals surface area contributed by atoms with E-state index in [1.165, 1.54) is 18.7 Å². The van der Waals surface area contributed by atoms with Crippen molar-refractivity contribution in [2.75, 3.05) is 20.7 Å². The molecule has 2 N–H and O–H groups in total. The van der Waals surface area contributed by atoms with Gasteiger partial charge in [-0.2, -0.15) is 0 Å². The summed E-state index contributed by atoms with van der Waals surface area (Å²) in [5.74, 6) is 0.926. The third-order valence-electron chi connectivity index (χ3n) is 5.96. The van der Waals surface area contributed by atoms with Crippen LogP contribution in [-0.2, 0) is 22.4 Å². The molecule has 0 aliphatic rings. The monoisotopic (exact) mass is 465 g/mol. The van der Waals surface area contributed by atoms with E-state index in [2.05, 4.69) is 24.4 Å². The van der Waals surface area contributed by atoms with Gasteiger partial charge < -0.3 is 15.2 Å². The second kappa shape index (κ2) is 15.1. The number of unbranched alkanes of at least 4 members (excludes halogenated alkanes) is 2. The van der Waals surface area contributed by atoms with E-state index in [9.17, 15) is 14.7 Å². The summed E-state index contributed by atoms with van der Waals surface area (Å²) in [5.41, 5.74) is 2.70. The van der Waals surface area contributed by atoms with Crippen molar-refractivity contribution in [1.82, 2.24) is 5.32 Å². The lowest BCUT2D eigenvalue weighted by atomic mass is 10.00. The molecule has 2 rings (SSSR count). The molecular formula is C29H39NO4. The first-order valence-electron chi connectivity index (χ1n) is 12.2. The Kier molecular flexibility index (Phi) is 12.1. The SMILES string of the molecule is CNC[C@H](C)CCCCCC(=O)CC(=O)/C=C/c1cc(CCc2ccccc2)c(O)c(OC)c1. The molecule has 0 unspecified atom stereocenters. The van der Waals surface area contributed by atoms with Gasteiger partial charge in [0.05, 0.1) is 13.5 Å². The maximum Gasteiger partial charge on any atom is 0.163 e. The second-order valence-corrected chi connectivity index (χ2v) is 8.99. The molecule has 0 aliphatic carbocycles. The quantitative estimate of drug-likeness (QED) is 0.194. The Bertz CT molecular complexity index is 937. The van der Waals surface area contributed by atoms with Crippen LogP contribution in [0.1, 0.15) is 62.1 Å². The number of rotatable bonds is 16. The van der Waals surface area contributed by atoms with Crippen LogP contribution in [0, 0.1) is 5.92 Å². The number of hydrogen-bond donors (Lipinski definition) is 2. The van der Waals surface area contributed by atoms with Crippen molar-refractivity contribution >= 4 is 17.6 Å². The third kappa shape index (κ3) is 9.92. The largest absolute Gasteiger partial charge is 0.504 e. The molecule has 2 aromatic carbocycles. The second-order valence-electron chi connectivity index (χ2n) is 8.99. The molecule has 0 saturated heterocycles. The zero-order valence-corrected chi connectivity index (χ0v) is 20.8. The minimum atomic E-state index is -0.203. The number of nitrogens with one attached hydrogen (secondary N) is 1. The summed E-state index contributed by atoms with van der Waals surface area (Å²) in [7, 11) is 3.47. The molecule has 0 fully saturated rings. The predicted molar refractivity (Wildman–Crippen MR) is 138 cm³/mol. The zero-order chi connectivity index (χ0) is 24.8. The Morgan fingerprint density at radius 3 is 2.56 bits per heavy atom. The number of methoxy groups -OCH3 is 1. The van der Waals surface area contributed by atoms with E-state index in [0.29, 0.717) is 24.5 Å². The number of ether oxygens (including phenoxy) is 1. The van der Waals surface area contributed by atoms with Gasteiger partial charge in [-0.15, -0.1) is 0 Å². The molecule has 0 aliphatic heterocycles. The van der Waals surface area contributed by atoms with Crippen LogP contribution in [0.15, 0.2) is 48.5 Å². The van der Waals surface area contributed by atoms with Gasteiger partial charge in [0.25, 0.3) is 0 Å². The maximum atomic E-state index is 12.3. The van der Waals surface area contributed by atoms with Crippen LogP contribution in [0.5, 0.6) is 11.5 Å². The number of phenolic OH excluding ortho intramolecular Hbond substituents is 1. The van der Waals surface area contributed by atoms with E-state index in [-0.39, 0.29) is 23.7 Å². The average molecular weight is 466 g/mol. The van der Waals surface area contributed by atoms with Gasteiger partial charge in [0.1, 0.15) is 5.78 Å². The number of carbonyl (C=O) groups is 2. The van der Waals surface area contributed by atoms with Gasteiger partial charge in [-0.05, 0) is 80.1 Å². The summed E-state index contributed by atoms with van der Waals surface area (Å²) in [6.07, 6.45) is 9.07. The van der Waals surface area contributed by atoms with Gasteiger partial charge >= 0.3 is 0 Å². The van der Waals surface area contributed by atoms with Crippen LogP contribution >= 0.6 is 0 Å². The highest BCUT2D eigenvalue weighted by Gasteiger charge is 2.11. The summed E-state index contributed by atoms with van der Waals surface area (Å²) in [4.78, 5) is 24.5. The predicted octanol–water partition coefficient (Wildman–Crippen LogP) is 5.53. The molecule has 5 nitrogen and oxygen atoms in total. The van der Waals surface area contributed by atoms with Crippen LogP contribution in [0.2, 0.25) is 0 Å². The van der Waals surface area contributed by atoms with Gasteiger partial charge in [0.2, 0.25) is 0 Å². The number of Topliss-reactive ketones (excluding diaryl/α,β-unsaturated/α-hetero) is 1. The number of aryl methyl sites for hydroxylation is 2. The Labute approximate surface area is 204 Å². The van der Waals surface area contributed by atoms with E-state index in [1.807, 2.05) is 31.3 Å². The Morgan fingerprint density at radius 2 is 1.85 bits per heavy atom. The van der Waals surface area contributed by atoms with Gasteiger partial charge in [-0.1, -0.05) is 56.2 Å². The standard InChI is InChI=1S/C29H39NO4/c1-22(21-30-2)10-6-4-9-13-26(31)20-27(32)17-15-24-18-25(29(33)28(19-24)34-3)16-14-23-11-7-5-8-12-23/h5,7-8,11-12,15,17-19,22,30,33H,4,6,9-10,13-14,16,20-21H2,1-3H3/b17-15+/t22-/m1/s1. The van der Waals surface area contributed by atoms with Crippen LogP contribution in [-0.4, -0.2) is 37.4 Å². The molecule has 0 saturated carbocycles. The molecule has 0 amide bonds. The highest BCUT2D eigenvalue weighted by Crippen LogP contribution is 2.33. The zero-order valence-electron chi connectivity index (χ0n) is 20.8. The van der Waals surface area contributed by atoms with Gasteiger partial charge in [0.15, 0.2) is 17.3 Å². The van der Waals surface area contributed by atoms with Crippen LogP contribution in [0.3, 0.4) is 0 Å². The number of carbonyl (C=O) groups excluding carboxylic acids is 2. The van der Waals surface area contributed by atoms with Gasteiger partial charge in [0, 0.05) is 6.42 Å². The lowest BCUT2D eigenvalue weighted by Gasteiger charge is -2.11. The molecule has 184 valence electrons. The first kappa shape index (κ1) is 27.3. The molecule has 34 heavy (non-hydrogen) atoms. The molecule has 0 spiro atoms. The Balaban J connectivity index is 1.86. The van der Waals surface area contributed by atoms with E-state index in [4.69, 9.17) is 4.74 Å². The summed E-state index contributed by atoms with van der Waals surface area (Å²) >= 11 is 0. The number of ketones is 2. The summed E-state index contributed by atoms with van der Waals surface area (Å²) in [5, 5.41) is 13.7. The van der Waals surface area contributed by atoms with E-state index < -0.39 is 0 Å². The minimum Gasteiger partial charge on any atom is -0.504 e. The highest BCUT2D eigenvalue weighted by atomic mass is 16.5. The molecule has 0 aromatic heterocycles. The third-order valence-corrected chi connectivity index (χ3v) is 5.96. The first-order valence-corrected chi connectivity index (χ1v) is 12.2. The van der Waals surface area contributed by atoms with Gasteiger partial charge in [-0.3, -0.25) is 9.59 Å². The van der Waals surface area contributed by atoms with Crippen molar-refractivity contribution in [1.29, 1.82) is 0 Å². The topological polar surface area (TPSA) is 75.6 Å². The van der Waals surface area contributed by atoms with E-state index in [1.54, 1.807) is 12.1 Å². The average Bonchev–Trinajstić information content (AvgIpc) is 2.83. The Hall–Kier alpha value is -2.92.